The summed E-state index contributed by atoms with van der Waals surface area (Å²) in [6.07, 6.45) is 5.72. The highest BCUT2D eigenvalue weighted by molar-refractivity contribution is 6.35. The van der Waals surface area contributed by atoms with E-state index in [1.165, 1.54) is 0 Å². The maximum absolute atomic E-state index is 12.3. The Morgan fingerprint density at radius 2 is 2.08 bits per heavy atom. The number of halogens is 2. The lowest BCUT2D eigenvalue weighted by molar-refractivity contribution is -0.134. The van der Waals surface area contributed by atoms with Crippen LogP contribution in [0.2, 0.25) is 10.0 Å². The largest absolute Gasteiger partial charge is 0.482 e. The van der Waals surface area contributed by atoms with Gasteiger partial charge in [-0.2, -0.15) is 5.10 Å². The van der Waals surface area contributed by atoms with Gasteiger partial charge >= 0.3 is 0 Å². The molecule has 1 aromatic carbocycles. The minimum absolute atomic E-state index is 0.00875. The van der Waals surface area contributed by atoms with Crippen molar-refractivity contribution in [2.24, 2.45) is 5.92 Å². The first kappa shape index (κ1) is 17.1. The van der Waals surface area contributed by atoms with Crippen LogP contribution in [0.1, 0.15) is 12.8 Å². The Kier molecular flexibility index (Phi) is 5.63. The summed E-state index contributed by atoms with van der Waals surface area (Å²) in [4.78, 5) is 14.1. The Morgan fingerprint density at radius 3 is 2.75 bits per heavy atom. The summed E-state index contributed by atoms with van der Waals surface area (Å²) in [5.41, 5.74) is 0. The van der Waals surface area contributed by atoms with Crippen LogP contribution in [0.15, 0.2) is 36.7 Å². The maximum Gasteiger partial charge on any atom is 0.260 e. The van der Waals surface area contributed by atoms with E-state index in [9.17, 15) is 4.79 Å². The highest BCUT2D eigenvalue weighted by atomic mass is 35.5. The van der Waals surface area contributed by atoms with Crippen molar-refractivity contribution in [3.05, 3.63) is 46.7 Å². The Hall–Kier alpha value is -1.72. The van der Waals surface area contributed by atoms with Crippen LogP contribution in [-0.4, -0.2) is 40.3 Å². The second-order valence-electron chi connectivity index (χ2n) is 5.92. The van der Waals surface area contributed by atoms with E-state index in [4.69, 9.17) is 27.9 Å². The van der Waals surface area contributed by atoms with Gasteiger partial charge in [0.25, 0.3) is 5.91 Å². The summed E-state index contributed by atoms with van der Waals surface area (Å²) < 4.78 is 7.48. The number of rotatable bonds is 5. The number of carbonyl (C=O) groups is 1. The van der Waals surface area contributed by atoms with Gasteiger partial charge in [0.15, 0.2) is 6.61 Å². The van der Waals surface area contributed by atoms with Gasteiger partial charge in [-0.1, -0.05) is 23.2 Å². The molecule has 0 bridgehead atoms. The lowest BCUT2D eigenvalue weighted by Gasteiger charge is -2.32. The van der Waals surface area contributed by atoms with Gasteiger partial charge in [-0.3, -0.25) is 9.48 Å². The number of hydrogen-bond acceptors (Lipinski definition) is 3. The van der Waals surface area contributed by atoms with E-state index in [0.29, 0.717) is 21.7 Å². The molecular weight excluding hydrogens is 349 g/mol. The SMILES string of the molecule is O=C(COc1ccc(Cl)cc1Cl)N1CCC(Cn2cccn2)CC1. The minimum Gasteiger partial charge on any atom is -0.482 e. The topological polar surface area (TPSA) is 47.4 Å². The molecule has 1 amide bonds. The number of likely N-dealkylation sites (tertiary alicyclic amines) is 1. The van der Waals surface area contributed by atoms with Crippen molar-refractivity contribution >= 4 is 29.1 Å². The van der Waals surface area contributed by atoms with Crippen LogP contribution >= 0.6 is 23.2 Å². The van der Waals surface area contributed by atoms with Crippen molar-refractivity contribution in [1.82, 2.24) is 14.7 Å². The quantitative estimate of drug-likeness (QED) is 0.812. The van der Waals surface area contributed by atoms with E-state index in [-0.39, 0.29) is 12.5 Å². The number of aromatic nitrogens is 2. The van der Waals surface area contributed by atoms with Gasteiger partial charge in [0.05, 0.1) is 5.02 Å². The molecule has 0 unspecified atom stereocenters. The third kappa shape index (κ3) is 4.42. The predicted molar refractivity (Wildman–Crippen MR) is 93.5 cm³/mol. The van der Waals surface area contributed by atoms with E-state index >= 15 is 0 Å². The van der Waals surface area contributed by atoms with Crippen LogP contribution in [-0.2, 0) is 11.3 Å². The van der Waals surface area contributed by atoms with Crippen molar-refractivity contribution < 1.29 is 9.53 Å². The second-order valence-corrected chi connectivity index (χ2v) is 6.76. The van der Waals surface area contributed by atoms with Crippen molar-refractivity contribution in [3.8, 4) is 5.75 Å². The molecule has 0 N–H and O–H groups in total. The van der Waals surface area contributed by atoms with E-state index in [1.54, 1.807) is 24.4 Å². The van der Waals surface area contributed by atoms with Crippen LogP contribution in [0.4, 0.5) is 0 Å². The fraction of sp³-hybridized carbons (Fsp3) is 0.412. The van der Waals surface area contributed by atoms with Gasteiger partial charge in [0.1, 0.15) is 5.75 Å². The van der Waals surface area contributed by atoms with Crippen molar-refractivity contribution in [2.45, 2.75) is 19.4 Å². The fourth-order valence-corrected chi connectivity index (χ4v) is 3.32. The number of hydrogen-bond donors (Lipinski definition) is 0. The molecule has 128 valence electrons. The summed E-state index contributed by atoms with van der Waals surface area (Å²) in [6.45, 7) is 2.40. The van der Waals surface area contributed by atoms with Crippen molar-refractivity contribution in [3.63, 3.8) is 0 Å². The molecule has 1 aliphatic rings. The van der Waals surface area contributed by atoms with Crippen molar-refractivity contribution in [1.29, 1.82) is 0 Å². The van der Waals surface area contributed by atoms with Crippen LogP contribution in [0.3, 0.4) is 0 Å². The lowest BCUT2D eigenvalue weighted by atomic mass is 9.97. The zero-order chi connectivity index (χ0) is 16.9. The number of ether oxygens (including phenoxy) is 1. The molecule has 0 spiro atoms. The Morgan fingerprint density at radius 1 is 1.29 bits per heavy atom. The average molecular weight is 368 g/mol. The third-order valence-electron chi connectivity index (χ3n) is 4.22. The molecule has 1 saturated heterocycles. The first-order valence-electron chi connectivity index (χ1n) is 7.95. The molecule has 0 radical (unpaired) electrons. The van der Waals surface area contributed by atoms with Crippen molar-refractivity contribution in [2.75, 3.05) is 19.7 Å². The molecule has 3 rings (SSSR count). The molecular formula is C17H19Cl2N3O2. The molecule has 2 heterocycles. The molecule has 24 heavy (non-hydrogen) atoms. The summed E-state index contributed by atoms with van der Waals surface area (Å²) in [5.74, 6) is 1.02. The molecule has 0 saturated carbocycles. The molecule has 7 heteroatoms. The van der Waals surface area contributed by atoms with Gasteiger partial charge < -0.3 is 9.64 Å². The number of piperidine rings is 1. The lowest BCUT2D eigenvalue weighted by Crippen LogP contribution is -2.41. The minimum atomic E-state index is -0.0152. The number of amides is 1. The predicted octanol–water partition coefficient (Wildman–Crippen LogP) is 3.51. The van der Waals surface area contributed by atoms with E-state index < -0.39 is 0 Å². The number of carbonyl (C=O) groups excluding carboxylic acids is 1. The average Bonchev–Trinajstić information content (AvgIpc) is 3.07. The van der Waals surface area contributed by atoms with Gasteiger partial charge in [-0.25, -0.2) is 0 Å². The first-order valence-corrected chi connectivity index (χ1v) is 8.70. The molecule has 2 aromatic rings. The van der Waals surface area contributed by atoms with Gasteiger partial charge in [0, 0.05) is 37.1 Å². The van der Waals surface area contributed by atoms with E-state index in [1.807, 2.05) is 21.8 Å². The van der Waals surface area contributed by atoms with E-state index in [0.717, 1.165) is 32.5 Å². The summed E-state index contributed by atoms with van der Waals surface area (Å²) in [6, 6.07) is 6.89. The summed E-state index contributed by atoms with van der Waals surface area (Å²) in [5, 5.41) is 5.19. The zero-order valence-corrected chi connectivity index (χ0v) is 14.7. The molecule has 1 fully saturated rings. The molecule has 0 atom stereocenters. The van der Waals surface area contributed by atoms with Gasteiger partial charge in [-0.05, 0) is 43.0 Å². The number of benzene rings is 1. The van der Waals surface area contributed by atoms with Crippen LogP contribution in [0.25, 0.3) is 0 Å². The molecule has 1 aromatic heterocycles. The Labute approximate surface area is 151 Å². The highest BCUT2D eigenvalue weighted by Gasteiger charge is 2.23. The third-order valence-corrected chi connectivity index (χ3v) is 4.75. The standard InChI is InChI=1S/C17H19Cl2N3O2/c18-14-2-3-16(15(19)10-14)24-12-17(23)21-8-4-13(5-9-21)11-22-7-1-6-20-22/h1-3,6-7,10,13H,4-5,8-9,11-12H2. The van der Waals surface area contributed by atoms with Gasteiger partial charge in [0.2, 0.25) is 0 Å². The van der Waals surface area contributed by atoms with Crippen LogP contribution in [0, 0.1) is 5.92 Å². The monoisotopic (exact) mass is 367 g/mol. The number of nitrogens with zero attached hydrogens (tertiary/aromatic N) is 3. The smallest absolute Gasteiger partial charge is 0.260 e. The van der Waals surface area contributed by atoms with E-state index in [2.05, 4.69) is 5.10 Å². The Bertz CT molecular complexity index is 683. The van der Waals surface area contributed by atoms with Gasteiger partial charge in [-0.15, -0.1) is 0 Å². The molecule has 1 aliphatic heterocycles. The van der Waals surface area contributed by atoms with Crippen LogP contribution < -0.4 is 4.74 Å². The Balaban J connectivity index is 1.45. The zero-order valence-electron chi connectivity index (χ0n) is 13.2. The first-order chi connectivity index (χ1) is 11.6. The summed E-state index contributed by atoms with van der Waals surface area (Å²) in [7, 11) is 0. The summed E-state index contributed by atoms with van der Waals surface area (Å²) >= 11 is 11.9. The molecule has 0 aliphatic carbocycles. The normalized spacial score (nSPS) is 15.5. The fourth-order valence-electron chi connectivity index (χ4n) is 2.86. The second kappa shape index (κ2) is 7.90. The highest BCUT2D eigenvalue weighted by Crippen LogP contribution is 2.27. The molecule has 5 nitrogen and oxygen atoms in total. The maximum atomic E-state index is 12.3. The van der Waals surface area contributed by atoms with Crippen LogP contribution in [0.5, 0.6) is 5.75 Å².